The molecule has 0 bridgehead atoms. The highest BCUT2D eigenvalue weighted by Gasteiger charge is 2.30. The van der Waals surface area contributed by atoms with Gasteiger partial charge in [-0.25, -0.2) is 9.59 Å². The summed E-state index contributed by atoms with van der Waals surface area (Å²) in [5.74, 6) is -1.60. The van der Waals surface area contributed by atoms with Crippen LogP contribution in [0.4, 0.5) is 4.79 Å². The number of imide groups is 1. The van der Waals surface area contributed by atoms with Crippen LogP contribution in [0.25, 0.3) is 10.8 Å². The van der Waals surface area contributed by atoms with Gasteiger partial charge in [0.25, 0.3) is 5.91 Å². The van der Waals surface area contributed by atoms with E-state index in [-0.39, 0.29) is 5.75 Å². The largest absolute Gasteiger partial charge is 0.507 e. The van der Waals surface area contributed by atoms with Gasteiger partial charge in [0.15, 0.2) is 6.10 Å². The molecule has 0 aliphatic heterocycles. The number of hydrogen-bond donors (Lipinski definition) is 3. The van der Waals surface area contributed by atoms with Crippen molar-refractivity contribution in [3.63, 3.8) is 0 Å². The molecule has 0 saturated carbocycles. The van der Waals surface area contributed by atoms with E-state index in [0.29, 0.717) is 41.3 Å². The Bertz CT molecular complexity index is 1210. The maximum atomic E-state index is 12.8. The number of nitrogens with one attached hydrogen (secondary N) is 1. The summed E-state index contributed by atoms with van der Waals surface area (Å²) in [4.78, 5) is 36.1. The molecule has 0 aromatic heterocycles. The first kappa shape index (κ1) is 25.5. The van der Waals surface area contributed by atoms with E-state index < -0.39 is 30.2 Å². The van der Waals surface area contributed by atoms with Gasteiger partial charge in [-0.3, -0.25) is 10.1 Å². The van der Waals surface area contributed by atoms with Crippen LogP contribution in [0.1, 0.15) is 41.8 Å². The minimum atomic E-state index is -1.06. The lowest BCUT2D eigenvalue weighted by molar-refractivity contribution is -0.131. The van der Waals surface area contributed by atoms with Crippen molar-refractivity contribution in [2.24, 2.45) is 0 Å². The average molecular weight is 478 g/mol. The number of amides is 2. The van der Waals surface area contributed by atoms with Crippen molar-refractivity contribution in [1.29, 1.82) is 0 Å². The lowest BCUT2D eigenvalue weighted by atomic mass is 9.94. The van der Waals surface area contributed by atoms with Crippen LogP contribution >= 0.6 is 0 Å². The molecule has 0 fully saturated rings. The molecule has 0 radical (unpaired) electrons. The van der Waals surface area contributed by atoms with E-state index in [2.05, 4.69) is 5.32 Å². The molecule has 0 aliphatic carbocycles. The average Bonchev–Trinajstić information content (AvgIpc) is 2.85. The van der Waals surface area contributed by atoms with Crippen LogP contribution in [-0.4, -0.2) is 40.9 Å². The SMILES string of the molecule is CCO[C@H](CC/C=C/C(=O)O)[C@H](OC(=O)NC(=O)c1ccccc1)c1ccc(O)c2ccccc12. The van der Waals surface area contributed by atoms with Crippen molar-refractivity contribution < 1.29 is 34.1 Å². The molecule has 3 rings (SSSR count). The van der Waals surface area contributed by atoms with E-state index >= 15 is 0 Å². The van der Waals surface area contributed by atoms with Crippen molar-refractivity contribution in [1.82, 2.24) is 5.32 Å². The van der Waals surface area contributed by atoms with Crippen molar-refractivity contribution in [3.05, 3.63) is 90.0 Å². The minimum Gasteiger partial charge on any atom is -0.507 e. The summed E-state index contributed by atoms with van der Waals surface area (Å²) in [5, 5.41) is 22.6. The van der Waals surface area contributed by atoms with Gasteiger partial charge in [0.2, 0.25) is 0 Å². The number of carboxylic acids is 1. The fourth-order valence-corrected chi connectivity index (χ4v) is 3.77. The molecule has 8 heteroatoms. The number of rotatable bonds is 10. The second-order valence-corrected chi connectivity index (χ2v) is 7.68. The summed E-state index contributed by atoms with van der Waals surface area (Å²) in [7, 11) is 0. The number of phenols is 1. The van der Waals surface area contributed by atoms with Gasteiger partial charge in [-0.05, 0) is 43.4 Å². The molecule has 3 N–H and O–H groups in total. The normalized spacial score (nSPS) is 12.8. The molecular weight excluding hydrogens is 450 g/mol. The van der Waals surface area contributed by atoms with Gasteiger partial charge in [-0.15, -0.1) is 0 Å². The number of aromatic hydroxyl groups is 1. The number of phenolic OH excluding ortho intramolecular Hbond substituents is 1. The maximum absolute atomic E-state index is 12.8. The number of ether oxygens (including phenoxy) is 2. The fourth-order valence-electron chi connectivity index (χ4n) is 3.77. The lowest BCUT2D eigenvalue weighted by Crippen LogP contribution is -2.35. The molecule has 2 amide bonds. The van der Waals surface area contributed by atoms with Crippen molar-refractivity contribution in [2.75, 3.05) is 6.61 Å². The fraction of sp³-hybridized carbons (Fsp3) is 0.222. The summed E-state index contributed by atoms with van der Waals surface area (Å²) in [5.41, 5.74) is 0.887. The Morgan fingerprint density at radius 1 is 0.971 bits per heavy atom. The topological polar surface area (TPSA) is 122 Å². The number of fused-ring (bicyclic) bond motifs is 1. The Kier molecular flexibility index (Phi) is 8.97. The van der Waals surface area contributed by atoms with Gasteiger partial charge in [-0.1, -0.05) is 54.6 Å². The van der Waals surface area contributed by atoms with Crippen LogP contribution in [0.15, 0.2) is 78.9 Å². The standard InChI is InChI=1S/C27H27NO7/c1-2-34-23(14-8-9-15-24(30)31)25(21-16-17-22(29)20-13-7-6-12-19(20)21)35-27(33)28-26(32)18-10-4-3-5-11-18/h3-7,9-13,15-17,23,25,29H,2,8,14H2,1H3,(H,30,31)(H,28,32,33)/b15-9+/t23-,25-/m1/s1. The highest BCUT2D eigenvalue weighted by atomic mass is 16.6. The Balaban J connectivity index is 1.93. The van der Waals surface area contributed by atoms with Crippen molar-refractivity contribution in [2.45, 2.75) is 32.0 Å². The van der Waals surface area contributed by atoms with Gasteiger partial charge in [0.05, 0.1) is 6.10 Å². The number of carbonyl (C=O) groups excluding carboxylic acids is 2. The number of aliphatic carboxylic acids is 1. The van der Waals surface area contributed by atoms with E-state index in [0.717, 1.165) is 6.08 Å². The molecule has 2 atom stereocenters. The molecule has 0 aliphatic rings. The third-order valence-corrected chi connectivity index (χ3v) is 5.32. The van der Waals surface area contributed by atoms with Gasteiger partial charge in [-0.2, -0.15) is 0 Å². The van der Waals surface area contributed by atoms with Gasteiger partial charge < -0.3 is 19.7 Å². The van der Waals surface area contributed by atoms with E-state index in [4.69, 9.17) is 14.6 Å². The minimum absolute atomic E-state index is 0.0733. The predicted octanol–water partition coefficient (Wildman–Crippen LogP) is 4.98. The summed E-state index contributed by atoms with van der Waals surface area (Å²) < 4.78 is 11.7. The Hall–Kier alpha value is -4.17. The molecule has 0 unspecified atom stereocenters. The molecular formula is C27H27NO7. The third kappa shape index (κ3) is 6.91. The summed E-state index contributed by atoms with van der Waals surface area (Å²) in [6, 6.07) is 18.5. The summed E-state index contributed by atoms with van der Waals surface area (Å²) in [6.45, 7) is 2.11. The van der Waals surface area contributed by atoms with Crippen LogP contribution < -0.4 is 5.32 Å². The highest BCUT2D eigenvalue weighted by Crippen LogP contribution is 2.36. The number of alkyl carbamates (subject to hydrolysis) is 1. The van der Waals surface area contributed by atoms with Crippen molar-refractivity contribution >= 4 is 28.7 Å². The Morgan fingerprint density at radius 2 is 1.66 bits per heavy atom. The molecule has 0 spiro atoms. The summed E-state index contributed by atoms with van der Waals surface area (Å²) >= 11 is 0. The third-order valence-electron chi connectivity index (χ3n) is 5.32. The van der Waals surface area contributed by atoms with Gasteiger partial charge >= 0.3 is 12.1 Å². The quantitative estimate of drug-likeness (QED) is 0.352. The van der Waals surface area contributed by atoms with Crippen molar-refractivity contribution in [3.8, 4) is 5.75 Å². The van der Waals surface area contributed by atoms with Crippen LogP contribution in [0.3, 0.4) is 0 Å². The molecule has 0 saturated heterocycles. The zero-order chi connectivity index (χ0) is 25.2. The van der Waals surface area contributed by atoms with Gasteiger partial charge in [0.1, 0.15) is 5.75 Å². The van der Waals surface area contributed by atoms with E-state index in [1.54, 1.807) is 67.6 Å². The molecule has 3 aromatic carbocycles. The predicted molar refractivity (Wildman–Crippen MR) is 130 cm³/mol. The van der Waals surface area contributed by atoms with Crippen LogP contribution in [-0.2, 0) is 14.3 Å². The molecule has 8 nitrogen and oxygen atoms in total. The Morgan fingerprint density at radius 3 is 2.34 bits per heavy atom. The number of benzene rings is 3. The molecule has 0 heterocycles. The summed E-state index contributed by atoms with van der Waals surface area (Å²) in [6.07, 6.45) is 0.701. The highest BCUT2D eigenvalue weighted by molar-refractivity contribution is 6.03. The smallest absolute Gasteiger partial charge is 0.414 e. The van der Waals surface area contributed by atoms with E-state index in [1.807, 2.05) is 0 Å². The van der Waals surface area contributed by atoms with Crippen LogP contribution in [0.2, 0.25) is 0 Å². The second kappa shape index (κ2) is 12.3. The maximum Gasteiger partial charge on any atom is 0.414 e. The molecule has 3 aromatic rings. The number of allylic oxidation sites excluding steroid dienone is 1. The first-order chi connectivity index (χ1) is 16.9. The van der Waals surface area contributed by atoms with Crippen LogP contribution in [0.5, 0.6) is 5.75 Å². The molecule has 35 heavy (non-hydrogen) atoms. The van der Waals surface area contributed by atoms with Crippen LogP contribution in [0, 0.1) is 0 Å². The number of carboxylic acid groups (broad SMARTS) is 1. The van der Waals surface area contributed by atoms with Gasteiger partial charge in [0, 0.05) is 29.2 Å². The zero-order valence-corrected chi connectivity index (χ0v) is 19.2. The second-order valence-electron chi connectivity index (χ2n) is 7.68. The monoisotopic (exact) mass is 477 g/mol. The lowest BCUT2D eigenvalue weighted by Gasteiger charge is -2.28. The molecule has 182 valence electrons. The Labute approximate surface area is 202 Å². The first-order valence-electron chi connectivity index (χ1n) is 11.2. The number of hydrogen-bond acceptors (Lipinski definition) is 6. The zero-order valence-electron chi connectivity index (χ0n) is 19.2. The number of carbonyl (C=O) groups is 3. The van der Waals surface area contributed by atoms with E-state index in [1.165, 1.54) is 12.1 Å². The first-order valence-corrected chi connectivity index (χ1v) is 11.2. The van der Waals surface area contributed by atoms with E-state index in [9.17, 15) is 19.5 Å².